The average molecular weight is 515 g/mol. The molecule has 2 atom stereocenters. The van der Waals surface area contributed by atoms with Gasteiger partial charge in [-0.15, -0.1) is 0 Å². The van der Waals surface area contributed by atoms with Crippen molar-refractivity contribution in [2.75, 3.05) is 0 Å². The number of benzene rings is 4. The maximum absolute atomic E-state index is 5.04. The van der Waals surface area contributed by atoms with E-state index in [1.54, 1.807) is 0 Å². The third-order valence-corrected chi connectivity index (χ3v) is 11.1. The Morgan fingerprint density at radius 2 is 0.824 bits per heavy atom. The first-order valence-electron chi connectivity index (χ1n) is 11.2. The molecule has 0 saturated heterocycles. The quantitative estimate of drug-likeness (QED) is 0.363. The molecule has 6 rings (SSSR count). The van der Waals surface area contributed by atoms with Gasteiger partial charge in [-0.25, -0.2) is 0 Å². The van der Waals surface area contributed by atoms with Gasteiger partial charge in [0.25, 0.3) is 0 Å². The van der Waals surface area contributed by atoms with Crippen LogP contribution in [-0.4, -0.2) is 4.82 Å². The number of halogens is 2. The molecule has 0 fully saturated rings. The summed E-state index contributed by atoms with van der Waals surface area (Å²) < 4.78 is 0.828. The Balaban J connectivity index is 0.00000137. The zero-order valence-corrected chi connectivity index (χ0v) is 21.7. The van der Waals surface area contributed by atoms with Crippen LogP contribution in [0, 0.1) is 0 Å². The van der Waals surface area contributed by atoms with Crippen LogP contribution in [0.4, 0.5) is 0 Å². The minimum Gasteiger partial charge on any atom is -1.00 e. The molecule has 0 heterocycles. The van der Waals surface area contributed by atoms with Gasteiger partial charge in [0.1, 0.15) is 0 Å². The van der Waals surface area contributed by atoms with Gasteiger partial charge in [0, 0.05) is 0 Å². The second-order valence-electron chi connectivity index (χ2n) is 8.63. The molecule has 0 nitrogen and oxygen atoms in total. The van der Waals surface area contributed by atoms with Crippen LogP contribution < -0.4 is 24.8 Å². The summed E-state index contributed by atoms with van der Waals surface area (Å²) >= 11 is -1.98. The Bertz CT molecular complexity index is 1280. The van der Waals surface area contributed by atoms with Crippen LogP contribution in [0.3, 0.4) is 0 Å². The van der Waals surface area contributed by atoms with Gasteiger partial charge in [0.05, 0.1) is 0 Å². The fourth-order valence-electron chi connectivity index (χ4n) is 5.37. The van der Waals surface area contributed by atoms with Gasteiger partial charge in [-0.1, -0.05) is 0 Å². The monoisotopic (exact) mass is 514 g/mol. The van der Waals surface area contributed by atoms with Crippen LogP contribution >= 0.6 is 0 Å². The smallest absolute Gasteiger partial charge is 1.00 e. The van der Waals surface area contributed by atoms with Crippen LogP contribution in [0.2, 0.25) is 0 Å². The van der Waals surface area contributed by atoms with Gasteiger partial charge in [-0.2, -0.15) is 0 Å². The summed E-state index contributed by atoms with van der Waals surface area (Å²) in [6.07, 6.45) is 4.83. The molecule has 3 heteroatoms. The maximum Gasteiger partial charge on any atom is -1.00 e. The van der Waals surface area contributed by atoms with E-state index in [1.165, 1.54) is 44.5 Å². The molecule has 0 amide bonds. The summed E-state index contributed by atoms with van der Waals surface area (Å²) in [5.41, 5.74) is 11.2. The van der Waals surface area contributed by atoms with Gasteiger partial charge in [0.15, 0.2) is 0 Å². The zero-order valence-electron chi connectivity index (χ0n) is 18.7. The van der Waals surface area contributed by atoms with E-state index in [0.29, 0.717) is 8.45 Å². The van der Waals surface area contributed by atoms with Gasteiger partial charge in [-0.3, -0.25) is 0 Å². The second-order valence-corrected chi connectivity index (χ2v) is 12.2. The van der Waals surface area contributed by atoms with E-state index in [-0.39, 0.29) is 24.8 Å². The largest absolute Gasteiger partial charge is 1.00 e. The predicted molar refractivity (Wildman–Crippen MR) is 134 cm³/mol. The van der Waals surface area contributed by atoms with Crippen LogP contribution in [0.25, 0.3) is 23.3 Å². The molecule has 0 N–H and O–H groups in total. The fourth-order valence-corrected chi connectivity index (χ4v) is 9.99. The van der Waals surface area contributed by atoms with E-state index in [2.05, 4.69) is 121 Å². The van der Waals surface area contributed by atoms with Gasteiger partial charge < -0.3 is 24.8 Å². The van der Waals surface area contributed by atoms with Crippen molar-refractivity contribution in [1.82, 2.24) is 0 Å². The molecular formula is C31H24Cl2Ti. The first-order chi connectivity index (χ1) is 15.8. The van der Waals surface area contributed by atoms with Crippen molar-refractivity contribution >= 4 is 28.1 Å². The zero-order chi connectivity index (χ0) is 21.5. The van der Waals surface area contributed by atoms with Gasteiger partial charge >= 0.3 is 197 Å². The van der Waals surface area contributed by atoms with E-state index in [0.717, 1.165) is 0 Å². The standard InChI is InChI=1S/2C15H11.CH2.2ClH.Ti/c2*1-2-6-12(7-3-1)15-10-13-8-4-5-9-14(13)11-15;;;;/h2*1-11H;1H2;2*1H;/q;;;;;+2/p-2. The van der Waals surface area contributed by atoms with Crippen molar-refractivity contribution < 1.29 is 42.2 Å². The molecule has 2 unspecified atom stereocenters. The first kappa shape index (κ1) is 24.6. The molecule has 34 heavy (non-hydrogen) atoms. The molecule has 0 aliphatic heterocycles. The second kappa shape index (κ2) is 10.4. The SMILES string of the molecule is [CH2]=[Ti+2]([CH]1C(c2ccccc2)=Cc2ccccc21)[CH]1C(c2ccccc2)=Cc2ccccc21.[Cl-].[Cl-]. The summed E-state index contributed by atoms with van der Waals surface area (Å²) in [6, 6.07) is 39.7. The third kappa shape index (κ3) is 4.21. The summed E-state index contributed by atoms with van der Waals surface area (Å²) in [5, 5.41) is 0. The minimum absolute atomic E-state index is 0. The Hall–Kier alpha value is -2.48. The Kier molecular flexibility index (Phi) is 7.55. The normalized spacial score (nSPS) is 17.1. The molecular weight excluding hydrogens is 491 g/mol. The third-order valence-electron chi connectivity index (χ3n) is 6.81. The van der Waals surface area contributed by atoms with Crippen LogP contribution in [-0.2, 0) is 17.4 Å². The van der Waals surface area contributed by atoms with Crippen molar-refractivity contribution in [3.05, 3.63) is 143 Å². The average Bonchev–Trinajstić information content (AvgIpc) is 3.44. The van der Waals surface area contributed by atoms with Crippen molar-refractivity contribution in [3.63, 3.8) is 0 Å². The van der Waals surface area contributed by atoms with Crippen molar-refractivity contribution in [2.24, 2.45) is 0 Å². The fraction of sp³-hybridized carbons (Fsp3) is 0.0645. The molecule has 2 aliphatic carbocycles. The van der Waals surface area contributed by atoms with Gasteiger partial charge in [-0.05, 0) is 0 Å². The van der Waals surface area contributed by atoms with Crippen LogP contribution in [0.5, 0.6) is 0 Å². The summed E-state index contributed by atoms with van der Waals surface area (Å²) in [5.74, 6) is 0. The number of fused-ring (bicyclic) bond motifs is 2. The Morgan fingerprint density at radius 3 is 1.24 bits per heavy atom. The van der Waals surface area contributed by atoms with E-state index >= 15 is 0 Å². The van der Waals surface area contributed by atoms with Crippen molar-refractivity contribution in [1.29, 1.82) is 0 Å². The van der Waals surface area contributed by atoms with Crippen LogP contribution in [0.1, 0.15) is 41.8 Å². The number of hydrogen-bond acceptors (Lipinski definition) is 0. The number of allylic oxidation sites excluding steroid dienone is 2. The van der Waals surface area contributed by atoms with E-state index in [1.807, 2.05) is 0 Å². The number of hydrogen-bond donors (Lipinski definition) is 0. The van der Waals surface area contributed by atoms with Crippen molar-refractivity contribution in [3.8, 4) is 0 Å². The number of rotatable bonds is 4. The molecule has 0 aromatic heterocycles. The summed E-state index contributed by atoms with van der Waals surface area (Å²) in [6.45, 7) is 0. The van der Waals surface area contributed by atoms with Gasteiger partial charge in [0.2, 0.25) is 0 Å². The Labute approximate surface area is 220 Å². The van der Waals surface area contributed by atoms with E-state index < -0.39 is 17.4 Å². The maximum atomic E-state index is 5.04. The molecule has 0 saturated carbocycles. The van der Waals surface area contributed by atoms with Crippen LogP contribution in [0.15, 0.2) is 109 Å². The molecule has 0 bridgehead atoms. The molecule has 2 aliphatic rings. The Morgan fingerprint density at radius 1 is 0.471 bits per heavy atom. The topological polar surface area (TPSA) is 0 Å². The van der Waals surface area contributed by atoms with E-state index in [4.69, 9.17) is 4.82 Å². The molecule has 4 aromatic rings. The van der Waals surface area contributed by atoms with E-state index in [9.17, 15) is 0 Å². The summed E-state index contributed by atoms with van der Waals surface area (Å²) in [4.78, 5) is 5.04. The molecule has 4 aromatic carbocycles. The minimum atomic E-state index is -1.98. The first-order valence-corrected chi connectivity index (χ1v) is 14.1. The summed E-state index contributed by atoms with van der Waals surface area (Å²) in [7, 11) is 0. The molecule has 166 valence electrons. The predicted octanol–water partition coefficient (Wildman–Crippen LogP) is 1.64. The molecule has 0 spiro atoms. The van der Waals surface area contributed by atoms with Crippen molar-refractivity contribution in [2.45, 2.75) is 8.45 Å². The molecule has 0 radical (unpaired) electrons.